The molecule has 24 heteroatoms. The molecule has 370 valence electrons. The first-order valence-electron chi connectivity index (χ1n) is 21.6. The normalized spacial score (nSPS) is 16.6. The molecule has 0 spiro atoms. The highest BCUT2D eigenvalue weighted by molar-refractivity contribution is 5.98. The molecule has 0 bridgehead atoms. The van der Waals surface area contributed by atoms with Gasteiger partial charge in [0.25, 0.3) is 0 Å². The van der Waals surface area contributed by atoms with Gasteiger partial charge in [0.2, 0.25) is 41.2 Å². The highest BCUT2D eigenvalue weighted by atomic mass is 19.4. The number of carboxylic acid groups (broad SMARTS) is 3. The SMILES string of the molecule is CCC(NC(=O)[C@H](CC1CCCCC1)NC(=O)[C@@H](NC(=O)[C@H](CC(C)C)NC(=O)[C@@H](CCC(=O)O)NC(=O)[C@H](CCC(=O)O)NC(=O)CCC(=O)O)[C@@H](C)CC)C(=O)C(F)(F)C(F)(F)F. The van der Waals surface area contributed by atoms with Gasteiger partial charge >= 0.3 is 30.0 Å². The number of amides is 6. The van der Waals surface area contributed by atoms with E-state index in [4.69, 9.17) is 5.11 Å². The number of hydrogen-bond donors (Lipinski definition) is 9. The summed E-state index contributed by atoms with van der Waals surface area (Å²) in [6, 6.07) is -10.1. The summed E-state index contributed by atoms with van der Waals surface area (Å²) in [4.78, 5) is 127. The topological polar surface area (TPSA) is 304 Å². The third-order valence-electron chi connectivity index (χ3n) is 10.9. The Bertz CT molecular complexity index is 1690. The van der Waals surface area contributed by atoms with E-state index in [0.29, 0.717) is 12.8 Å². The summed E-state index contributed by atoms with van der Waals surface area (Å²) in [5, 5.41) is 41.3. The Balaban J connectivity index is 3.47. The third-order valence-corrected chi connectivity index (χ3v) is 10.9. The van der Waals surface area contributed by atoms with Crippen LogP contribution in [-0.4, -0.2) is 123 Å². The van der Waals surface area contributed by atoms with Crippen LogP contribution in [0.25, 0.3) is 0 Å². The number of alkyl halides is 5. The van der Waals surface area contributed by atoms with Crippen molar-refractivity contribution in [3.05, 3.63) is 0 Å². The van der Waals surface area contributed by atoms with Gasteiger partial charge in [-0.1, -0.05) is 73.1 Å². The van der Waals surface area contributed by atoms with Crippen LogP contribution in [0.4, 0.5) is 22.0 Å². The minimum atomic E-state index is -6.24. The van der Waals surface area contributed by atoms with Crippen LogP contribution in [0.15, 0.2) is 0 Å². The van der Waals surface area contributed by atoms with E-state index in [1.807, 2.05) is 5.32 Å². The number of carboxylic acids is 3. The van der Waals surface area contributed by atoms with Crippen LogP contribution in [0, 0.1) is 17.8 Å². The van der Waals surface area contributed by atoms with Gasteiger partial charge in [-0.15, -0.1) is 0 Å². The van der Waals surface area contributed by atoms with Crippen LogP contribution in [0.2, 0.25) is 0 Å². The van der Waals surface area contributed by atoms with Crippen molar-refractivity contribution in [3.8, 4) is 0 Å². The van der Waals surface area contributed by atoms with Crippen molar-refractivity contribution in [3.63, 3.8) is 0 Å². The molecule has 1 aliphatic carbocycles. The van der Waals surface area contributed by atoms with E-state index < -0.39 is 158 Å². The lowest BCUT2D eigenvalue weighted by atomic mass is 9.84. The van der Waals surface area contributed by atoms with E-state index in [1.54, 1.807) is 27.7 Å². The van der Waals surface area contributed by atoms with Crippen LogP contribution >= 0.6 is 0 Å². The van der Waals surface area contributed by atoms with Crippen LogP contribution in [0.3, 0.4) is 0 Å². The van der Waals surface area contributed by atoms with Crippen LogP contribution in [0.1, 0.15) is 131 Å². The van der Waals surface area contributed by atoms with Crippen molar-refractivity contribution >= 4 is 59.1 Å². The molecule has 19 nitrogen and oxygen atoms in total. The zero-order chi connectivity index (χ0) is 49.8. The summed E-state index contributed by atoms with van der Waals surface area (Å²) in [5.41, 5.74) is 0. The molecule has 1 fully saturated rings. The largest absolute Gasteiger partial charge is 0.481 e. The van der Waals surface area contributed by atoms with E-state index in [0.717, 1.165) is 26.2 Å². The molecule has 1 unspecified atom stereocenters. The van der Waals surface area contributed by atoms with Gasteiger partial charge in [0, 0.05) is 19.3 Å². The van der Waals surface area contributed by atoms with Crippen LogP contribution < -0.4 is 31.9 Å². The maximum atomic E-state index is 14.1. The maximum Gasteiger partial charge on any atom is 0.461 e. The van der Waals surface area contributed by atoms with Crippen molar-refractivity contribution in [2.24, 2.45) is 17.8 Å². The molecule has 0 aliphatic heterocycles. The summed E-state index contributed by atoms with van der Waals surface area (Å²) in [5.74, 6) is -20.0. The first kappa shape index (κ1) is 57.6. The van der Waals surface area contributed by atoms with Crippen molar-refractivity contribution in [2.45, 2.75) is 179 Å². The molecular weight excluding hydrogens is 879 g/mol. The van der Waals surface area contributed by atoms with Crippen molar-refractivity contribution in [2.75, 3.05) is 0 Å². The van der Waals surface area contributed by atoms with E-state index >= 15 is 0 Å². The van der Waals surface area contributed by atoms with Crippen molar-refractivity contribution < 1.29 is 85.2 Å². The van der Waals surface area contributed by atoms with E-state index in [-0.39, 0.29) is 31.1 Å². The first-order chi connectivity index (χ1) is 30.1. The summed E-state index contributed by atoms with van der Waals surface area (Å²) in [6.07, 6.45) is -6.90. The second-order valence-corrected chi connectivity index (χ2v) is 16.7. The van der Waals surface area contributed by atoms with Crippen molar-refractivity contribution in [1.82, 2.24) is 31.9 Å². The summed E-state index contributed by atoms with van der Waals surface area (Å²) < 4.78 is 67.4. The Hall–Kier alpha value is -5.45. The molecule has 9 N–H and O–H groups in total. The molecule has 65 heavy (non-hydrogen) atoms. The number of hydrogen-bond acceptors (Lipinski definition) is 10. The van der Waals surface area contributed by atoms with E-state index in [9.17, 15) is 80.1 Å². The maximum absolute atomic E-state index is 14.1. The zero-order valence-electron chi connectivity index (χ0n) is 37.1. The average molecular weight is 943 g/mol. The summed E-state index contributed by atoms with van der Waals surface area (Å²) in [6.45, 7) is 7.66. The fourth-order valence-electron chi connectivity index (χ4n) is 7.00. The lowest BCUT2D eigenvalue weighted by molar-refractivity contribution is -0.269. The van der Waals surface area contributed by atoms with Gasteiger partial charge in [0.1, 0.15) is 30.2 Å². The summed E-state index contributed by atoms with van der Waals surface area (Å²) in [7, 11) is 0. The van der Waals surface area contributed by atoms with Gasteiger partial charge in [0.05, 0.1) is 12.5 Å². The number of Topliss-reactive ketones (excluding diaryl/α,β-unsaturated/α-hetero) is 1. The molecule has 1 rings (SSSR count). The molecule has 0 aromatic rings. The minimum Gasteiger partial charge on any atom is -0.481 e. The standard InChI is InChI=1S/C41H63F5N6O13/c1-6-22(5)33(39(65)51-28(20-23-11-9-8-10-12-23)37(63)48-24(7-2)34(60)40(42,43)41(44,45)46)52-38(64)27(19-21(3)4)50-36(62)26(14-17-31(56)57)49-35(61)25(13-16-30(54)55)47-29(53)15-18-32(58)59/h21-28,33H,6-20H2,1-5H3,(H,47,53)(H,48,63)(H,49,61)(H,50,62)(H,51,65)(H,52,64)(H,54,55)(H,56,57)(H,58,59)/t22-,24?,25-,26+,27-,28-,33-/m0/s1. The Morgan fingerprint density at radius 3 is 1.45 bits per heavy atom. The molecular formula is C41H63F5N6O13. The quantitative estimate of drug-likeness (QED) is 0.0488. The number of carbonyl (C=O) groups excluding carboxylic acids is 7. The smallest absolute Gasteiger partial charge is 0.461 e. The molecule has 6 amide bonds. The van der Waals surface area contributed by atoms with E-state index in [2.05, 4.69) is 26.6 Å². The number of carbonyl (C=O) groups is 10. The van der Waals surface area contributed by atoms with Crippen LogP contribution in [-0.2, 0) is 47.9 Å². The molecule has 0 radical (unpaired) electrons. The zero-order valence-corrected chi connectivity index (χ0v) is 37.1. The number of halogens is 5. The highest BCUT2D eigenvalue weighted by Crippen LogP contribution is 2.37. The third kappa shape index (κ3) is 20.1. The highest BCUT2D eigenvalue weighted by Gasteiger charge is 2.64. The molecule has 0 heterocycles. The number of nitrogens with one attached hydrogen (secondary N) is 6. The van der Waals surface area contributed by atoms with Gasteiger partial charge in [0.15, 0.2) is 0 Å². The number of aliphatic carboxylic acids is 3. The lowest BCUT2D eigenvalue weighted by Gasteiger charge is -2.32. The first-order valence-corrected chi connectivity index (χ1v) is 21.6. The van der Waals surface area contributed by atoms with E-state index in [1.165, 1.54) is 0 Å². The van der Waals surface area contributed by atoms with Gasteiger partial charge < -0.3 is 47.2 Å². The molecule has 1 saturated carbocycles. The second-order valence-electron chi connectivity index (χ2n) is 16.7. The molecule has 0 aromatic heterocycles. The van der Waals surface area contributed by atoms with Gasteiger partial charge in [-0.3, -0.25) is 47.9 Å². The monoisotopic (exact) mass is 942 g/mol. The summed E-state index contributed by atoms with van der Waals surface area (Å²) >= 11 is 0. The minimum absolute atomic E-state index is 0.0856. The molecule has 0 saturated heterocycles. The second kappa shape index (κ2) is 27.1. The number of ketones is 1. The fraction of sp³-hybridized carbons (Fsp3) is 0.756. The Morgan fingerprint density at radius 2 is 0.985 bits per heavy atom. The fourth-order valence-corrected chi connectivity index (χ4v) is 7.00. The molecule has 1 aliphatic rings. The predicted molar refractivity (Wildman–Crippen MR) is 219 cm³/mol. The molecule has 7 atom stereocenters. The average Bonchev–Trinajstić information content (AvgIpc) is 3.22. The Labute approximate surface area is 372 Å². The Kier molecular flexibility index (Phi) is 24.0. The van der Waals surface area contributed by atoms with Crippen LogP contribution in [0.5, 0.6) is 0 Å². The lowest BCUT2D eigenvalue weighted by Crippen LogP contribution is -2.61. The predicted octanol–water partition coefficient (Wildman–Crippen LogP) is 2.73. The Morgan fingerprint density at radius 1 is 0.538 bits per heavy atom. The van der Waals surface area contributed by atoms with Gasteiger partial charge in [-0.05, 0) is 49.9 Å². The van der Waals surface area contributed by atoms with Crippen molar-refractivity contribution in [1.29, 1.82) is 0 Å². The van der Waals surface area contributed by atoms with Gasteiger partial charge in [-0.2, -0.15) is 22.0 Å². The van der Waals surface area contributed by atoms with Gasteiger partial charge in [-0.25, -0.2) is 0 Å². The number of rotatable bonds is 29. The molecule has 0 aromatic carbocycles.